The number of hydrogen-bond acceptors (Lipinski definition) is 8. The number of rotatable bonds is 5. The van der Waals surface area contributed by atoms with Gasteiger partial charge in [0.1, 0.15) is 17.4 Å². The SMILES string of the molecule is COc1ccc2c(c1)C(=O)N(C[C@]1(C#Cc3nc(-c4cncc(C#N)c4)ccc3OC)CCC(=O)NC(=O)N1)C2. The Bertz CT molecular complexity index is 1640. The van der Waals surface area contributed by atoms with Gasteiger partial charge in [-0.15, -0.1) is 0 Å². The number of urea groups is 1. The number of amides is 4. The minimum absolute atomic E-state index is 0.0213. The van der Waals surface area contributed by atoms with E-state index in [2.05, 4.69) is 38.5 Å². The van der Waals surface area contributed by atoms with Gasteiger partial charge in [0, 0.05) is 36.5 Å². The van der Waals surface area contributed by atoms with E-state index in [1.807, 2.05) is 6.07 Å². The van der Waals surface area contributed by atoms with E-state index in [9.17, 15) is 19.6 Å². The summed E-state index contributed by atoms with van der Waals surface area (Å²) in [5, 5.41) is 14.3. The number of carbonyl (C=O) groups excluding carboxylic acids is 3. The molecular formula is C29H24N6O5. The Morgan fingerprint density at radius 2 is 1.95 bits per heavy atom. The maximum Gasteiger partial charge on any atom is 0.322 e. The number of imide groups is 1. The molecule has 0 unspecified atom stereocenters. The average molecular weight is 537 g/mol. The molecule has 200 valence electrons. The molecule has 5 rings (SSSR count). The molecule has 0 saturated carbocycles. The lowest BCUT2D eigenvalue weighted by molar-refractivity contribution is -0.119. The molecule has 4 amide bonds. The van der Waals surface area contributed by atoms with Gasteiger partial charge in [-0.1, -0.05) is 12.0 Å². The number of hydrogen-bond donors (Lipinski definition) is 2. The van der Waals surface area contributed by atoms with E-state index in [1.54, 1.807) is 41.4 Å². The van der Waals surface area contributed by atoms with Crippen molar-refractivity contribution in [2.45, 2.75) is 24.9 Å². The summed E-state index contributed by atoms with van der Waals surface area (Å²) in [4.78, 5) is 48.4. The number of pyridine rings is 2. The van der Waals surface area contributed by atoms with Crippen molar-refractivity contribution >= 4 is 17.8 Å². The molecule has 2 aliphatic heterocycles. The Morgan fingerprint density at radius 1 is 1.10 bits per heavy atom. The first kappa shape index (κ1) is 26.2. The highest BCUT2D eigenvalue weighted by molar-refractivity contribution is 5.99. The molecule has 1 atom stereocenters. The van der Waals surface area contributed by atoms with Gasteiger partial charge < -0.3 is 19.7 Å². The molecule has 0 radical (unpaired) electrons. The predicted molar refractivity (Wildman–Crippen MR) is 142 cm³/mol. The fourth-order valence-electron chi connectivity index (χ4n) is 4.68. The van der Waals surface area contributed by atoms with Crippen molar-refractivity contribution in [3.05, 3.63) is 71.2 Å². The van der Waals surface area contributed by atoms with Crippen LogP contribution in [0.15, 0.2) is 48.8 Å². The fraction of sp³-hybridized carbons (Fsp3) is 0.241. The van der Waals surface area contributed by atoms with Crippen molar-refractivity contribution in [3.63, 3.8) is 0 Å². The highest BCUT2D eigenvalue weighted by atomic mass is 16.5. The molecule has 1 saturated heterocycles. The van der Waals surface area contributed by atoms with E-state index in [0.717, 1.165) is 5.56 Å². The number of methoxy groups -OCH3 is 2. The summed E-state index contributed by atoms with van der Waals surface area (Å²) >= 11 is 0. The first-order chi connectivity index (χ1) is 19.3. The predicted octanol–water partition coefficient (Wildman–Crippen LogP) is 2.40. The second-order valence-corrected chi connectivity index (χ2v) is 9.34. The summed E-state index contributed by atoms with van der Waals surface area (Å²) < 4.78 is 10.7. The topological polar surface area (TPSA) is 147 Å². The van der Waals surface area contributed by atoms with Gasteiger partial charge in [-0.2, -0.15) is 5.26 Å². The second-order valence-electron chi connectivity index (χ2n) is 9.34. The van der Waals surface area contributed by atoms with Crippen molar-refractivity contribution in [3.8, 4) is 40.7 Å². The van der Waals surface area contributed by atoms with Gasteiger partial charge in [0.25, 0.3) is 5.91 Å². The lowest BCUT2D eigenvalue weighted by atomic mass is 9.93. The standard InChI is InChI=1S/C29H24N6O5/c1-39-21-4-3-19-16-35(27(37)22(19)12-21)17-29(10-8-26(36)33-28(38)34-29)9-7-24-25(40-2)6-5-23(32-24)20-11-18(13-30)14-31-15-20/h3-6,11-12,14-15H,8,10,16-17H2,1-2H3,(H2,33,34,36,38)/t29-/m0/s1. The largest absolute Gasteiger partial charge is 0.497 e. The van der Waals surface area contributed by atoms with Crippen LogP contribution in [-0.4, -0.2) is 59.0 Å². The summed E-state index contributed by atoms with van der Waals surface area (Å²) in [6.07, 6.45) is 3.23. The molecular weight excluding hydrogens is 512 g/mol. The highest BCUT2D eigenvalue weighted by Crippen LogP contribution is 2.30. The summed E-state index contributed by atoms with van der Waals surface area (Å²) in [6, 6.07) is 11.7. The monoisotopic (exact) mass is 536 g/mol. The number of aromatic nitrogens is 2. The Kier molecular flexibility index (Phi) is 7.04. The lowest BCUT2D eigenvalue weighted by Crippen LogP contribution is -2.55. The molecule has 2 aliphatic rings. The lowest BCUT2D eigenvalue weighted by Gasteiger charge is -2.32. The summed E-state index contributed by atoms with van der Waals surface area (Å²) in [5.41, 5.74) is 1.88. The zero-order valence-electron chi connectivity index (χ0n) is 21.8. The van der Waals surface area contributed by atoms with Crippen LogP contribution in [0, 0.1) is 23.2 Å². The van der Waals surface area contributed by atoms with Gasteiger partial charge in [0.2, 0.25) is 5.91 Å². The summed E-state index contributed by atoms with van der Waals surface area (Å²) in [5.74, 6) is 6.42. The van der Waals surface area contributed by atoms with E-state index in [-0.39, 0.29) is 31.0 Å². The minimum atomic E-state index is -1.26. The quantitative estimate of drug-likeness (QED) is 0.473. The molecule has 3 aromatic rings. The maximum atomic E-state index is 13.3. The molecule has 11 heteroatoms. The normalized spacial score (nSPS) is 17.9. The van der Waals surface area contributed by atoms with Gasteiger partial charge >= 0.3 is 6.03 Å². The third-order valence-corrected chi connectivity index (χ3v) is 6.70. The molecule has 2 aromatic heterocycles. The summed E-state index contributed by atoms with van der Waals surface area (Å²) in [6.45, 7) is 0.352. The number of nitrogens with zero attached hydrogens (tertiary/aromatic N) is 4. The number of nitrogens with one attached hydrogen (secondary N) is 2. The Labute approximate surface area is 230 Å². The van der Waals surface area contributed by atoms with E-state index < -0.39 is 17.5 Å². The molecule has 0 spiro atoms. The average Bonchev–Trinajstić information content (AvgIpc) is 3.19. The molecule has 1 fully saturated rings. The zero-order valence-corrected chi connectivity index (χ0v) is 21.8. The molecule has 11 nitrogen and oxygen atoms in total. The fourth-order valence-corrected chi connectivity index (χ4v) is 4.68. The van der Waals surface area contributed by atoms with Crippen molar-refractivity contribution in [2.24, 2.45) is 0 Å². The molecule has 40 heavy (non-hydrogen) atoms. The Morgan fingerprint density at radius 3 is 2.73 bits per heavy atom. The first-order valence-corrected chi connectivity index (χ1v) is 12.3. The van der Waals surface area contributed by atoms with E-state index in [1.165, 1.54) is 20.4 Å². The van der Waals surface area contributed by atoms with Gasteiger partial charge in [-0.25, -0.2) is 9.78 Å². The van der Waals surface area contributed by atoms with Crippen LogP contribution in [-0.2, 0) is 11.3 Å². The number of carbonyl (C=O) groups is 3. The molecule has 4 heterocycles. The van der Waals surface area contributed by atoms with Crippen LogP contribution in [0.25, 0.3) is 11.3 Å². The Balaban J connectivity index is 1.52. The van der Waals surface area contributed by atoms with E-state index >= 15 is 0 Å². The third-order valence-electron chi connectivity index (χ3n) is 6.70. The van der Waals surface area contributed by atoms with Crippen LogP contribution in [0.1, 0.15) is 40.0 Å². The third kappa shape index (κ3) is 5.26. The molecule has 0 bridgehead atoms. The van der Waals surface area contributed by atoms with E-state index in [4.69, 9.17) is 9.47 Å². The number of ether oxygens (including phenoxy) is 2. The highest BCUT2D eigenvalue weighted by Gasteiger charge is 2.40. The minimum Gasteiger partial charge on any atom is -0.497 e. The number of nitriles is 1. The maximum absolute atomic E-state index is 13.3. The van der Waals surface area contributed by atoms with Crippen LogP contribution in [0.2, 0.25) is 0 Å². The molecule has 0 aliphatic carbocycles. The molecule has 2 N–H and O–H groups in total. The Hall–Kier alpha value is -5.42. The van der Waals surface area contributed by atoms with Crippen LogP contribution < -0.4 is 20.1 Å². The van der Waals surface area contributed by atoms with Crippen molar-refractivity contribution < 1.29 is 23.9 Å². The van der Waals surface area contributed by atoms with Gasteiger partial charge in [-0.3, -0.25) is 19.9 Å². The van der Waals surface area contributed by atoms with Gasteiger partial charge in [-0.05, 0) is 48.2 Å². The van der Waals surface area contributed by atoms with Crippen molar-refractivity contribution in [1.29, 1.82) is 5.26 Å². The van der Waals surface area contributed by atoms with Crippen LogP contribution in [0.3, 0.4) is 0 Å². The zero-order chi connectivity index (χ0) is 28.3. The second kappa shape index (κ2) is 10.8. The number of benzene rings is 1. The number of fused-ring (bicyclic) bond motifs is 1. The van der Waals surface area contributed by atoms with Crippen LogP contribution in [0.5, 0.6) is 11.5 Å². The van der Waals surface area contributed by atoms with E-state index in [0.29, 0.717) is 40.4 Å². The van der Waals surface area contributed by atoms with Crippen molar-refractivity contribution in [1.82, 2.24) is 25.5 Å². The van der Waals surface area contributed by atoms with Crippen LogP contribution >= 0.6 is 0 Å². The van der Waals surface area contributed by atoms with Crippen molar-refractivity contribution in [2.75, 3.05) is 20.8 Å². The van der Waals surface area contributed by atoms with Gasteiger partial charge in [0.15, 0.2) is 11.4 Å². The first-order valence-electron chi connectivity index (χ1n) is 12.3. The van der Waals surface area contributed by atoms with Gasteiger partial charge in [0.05, 0.1) is 32.0 Å². The molecule has 1 aromatic carbocycles. The van der Waals surface area contributed by atoms with Crippen LogP contribution in [0.4, 0.5) is 4.79 Å². The smallest absolute Gasteiger partial charge is 0.322 e. The summed E-state index contributed by atoms with van der Waals surface area (Å²) in [7, 11) is 3.02.